The van der Waals surface area contributed by atoms with Crippen molar-refractivity contribution in [3.05, 3.63) is 0 Å². The molecule has 0 rings (SSSR count). The Morgan fingerprint density at radius 2 is 1.24 bits per heavy atom. The first-order chi connectivity index (χ1) is 13.5. The van der Waals surface area contributed by atoms with Crippen LogP contribution in [0.5, 0.6) is 0 Å². The van der Waals surface area contributed by atoms with E-state index < -0.39 is 21.3 Å². The molecule has 0 spiro atoms. The zero-order chi connectivity index (χ0) is 24.1. The van der Waals surface area contributed by atoms with Gasteiger partial charge < -0.3 is 14.8 Å². The summed E-state index contributed by atoms with van der Waals surface area (Å²) >= 11 is 19.5. The van der Waals surface area contributed by atoms with Crippen LogP contribution in [0.25, 0.3) is 0 Å². The number of halogens is 4. The number of unbranched alkanes of at least 4 members (excludes halogenated alkanes) is 2. The number of carbonyl (C=O) groups is 3. The number of hydrogen-bond donors (Lipinski definition) is 1. The normalized spacial score (nSPS) is 8.83. The molecular weight excluding hydrogens is 484 g/mol. The number of hydrogen-bond acceptors (Lipinski definition) is 6. The molecule has 0 heterocycles. The third-order valence-corrected chi connectivity index (χ3v) is 3.47. The molecule has 0 fully saturated rings. The van der Waals surface area contributed by atoms with Gasteiger partial charge >= 0.3 is 10.5 Å². The topological polar surface area (TPSA) is 91.8 Å². The summed E-state index contributed by atoms with van der Waals surface area (Å²) < 4.78 is 9.56. The standard InChI is InChI=1S/C6H15N.C4H9ClO.C4H7ClO.C2Cl2O2.C2H6OS/c1-4-7(5-2)6-3;2*5-3-1-2-4-6;3-1(5)2(4)6;1-4(2)3/h4-6H2,1-3H3;6H,1-4H2;4H,1-3H2;;1-2H3. The molecule has 1 N–H and O–H groups in total. The fourth-order valence-corrected chi connectivity index (χ4v) is 1.38. The van der Waals surface area contributed by atoms with Gasteiger partial charge in [-0.05, 0) is 62.1 Å². The summed E-state index contributed by atoms with van der Waals surface area (Å²) in [5.41, 5.74) is 0. The molecule has 178 valence electrons. The molecule has 0 aromatic heterocycles. The van der Waals surface area contributed by atoms with Crippen molar-refractivity contribution < 1.29 is 23.7 Å². The molecule has 0 atom stereocenters. The smallest absolute Gasteiger partial charge is 0.304 e. The zero-order valence-corrected chi connectivity index (χ0v) is 21.9. The van der Waals surface area contributed by atoms with Gasteiger partial charge in [-0.1, -0.05) is 20.8 Å². The largest absolute Gasteiger partial charge is 0.396 e. The molecule has 0 aliphatic heterocycles. The van der Waals surface area contributed by atoms with Crippen LogP contribution in [-0.4, -0.2) is 81.5 Å². The molecule has 0 radical (unpaired) electrons. The van der Waals surface area contributed by atoms with Crippen molar-refractivity contribution in [3.63, 3.8) is 0 Å². The monoisotopic (exact) mass is 519 g/mol. The van der Waals surface area contributed by atoms with Crippen LogP contribution in [0.15, 0.2) is 0 Å². The lowest BCUT2D eigenvalue weighted by atomic mass is 10.4. The Hall–Kier alpha value is 0.240. The van der Waals surface area contributed by atoms with Crippen molar-refractivity contribution >= 4 is 74.0 Å². The second kappa shape index (κ2) is 38.8. The van der Waals surface area contributed by atoms with Crippen molar-refractivity contribution in [2.24, 2.45) is 0 Å². The highest BCUT2D eigenvalue weighted by atomic mass is 35.5. The van der Waals surface area contributed by atoms with E-state index in [0.29, 0.717) is 18.2 Å². The Bertz CT molecular complexity index is 349. The SMILES string of the molecule is CCN(CC)CC.CS(C)=O.O=C(Cl)C(=O)Cl.O=CCCCCl.OCCCCCl. The molecule has 0 amide bonds. The minimum Gasteiger partial charge on any atom is -0.396 e. The first kappa shape index (κ1) is 39.7. The van der Waals surface area contributed by atoms with E-state index in [9.17, 15) is 18.6 Å². The number of rotatable bonds is 10. The second-order valence-corrected chi connectivity index (χ2v) is 7.95. The van der Waals surface area contributed by atoms with Crippen molar-refractivity contribution in [2.45, 2.75) is 46.5 Å². The molecule has 0 aromatic carbocycles. The van der Waals surface area contributed by atoms with E-state index in [0.717, 1.165) is 25.5 Å². The van der Waals surface area contributed by atoms with Crippen LogP contribution in [0, 0.1) is 0 Å². The van der Waals surface area contributed by atoms with Crippen molar-refractivity contribution in [3.8, 4) is 0 Å². The van der Waals surface area contributed by atoms with Crippen LogP contribution in [0.1, 0.15) is 46.5 Å². The number of aliphatic hydroxyl groups excluding tert-OH is 1. The fourth-order valence-electron chi connectivity index (χ4n) is 1.04. The van der Waals surface area contributed by atoms with Gasteiger partial charge in [0.2, 0.25) is 0 Å². The van der Waals surface area contributed by atoms with Crippen LogP contribution >= 0.6 is 46.4 Å². The maximum Gasteiger partial charge on any atom is 0.304 e. The molecule has 0 saturated carbocycles. The van der Waals surface area contributed by atoms with Crippen molar-refractivity contribution in [1.29, 1.82) is 0 Å². The first-order valence-electron chi connectivity index (χ1n) is 9.08. The predicted octanol–water partition coefficient (Wildman–Crippen LogP) is 4.06. The van der Waals surface area contributed by atoms with Gasteiger partial charge in [0.25, 0.3) is 0 Å². The number of nitrogens with zero attached hydrogens (tertiary/aromatic N) is 1. The zero-order valence-electron chi connectivity index (χ0n) is 18.1. The Morgan fingerprint density at radius 1 is 0.897 bits per heavy atom. The summed E-state index contributed by atoms with van der Waals surface area (Å²) in [6.07, 6.45) is 7.33. The van der Waals surface area contributed by atoms with E-state index in [1.54, 1.807) is 12.5 Å². The van der Waals surface area contributed by atoms with Gasteiger partial charge in [0, 0.05) is 48.1 Å². The molecule has 0 aliphatic carbocycles. The van der Waals surface area contributed by atoms with Crippen molar-refractivity contribution in [2.75, 3.05) is 50.5 Å². The molecule has 0 unspecified atom stereocenters. The summed E-state index contributed by atoms with van der Waals surface area (Å²) in [4.78, 5) is 30.7. The van der Waals surface area contributed by atoms with E-state index in [2.05, 4.69) is 48.9 Å². The molecule has 6 nitrogen and oxygen atoms in total. The lowest BCUT2D eigenvalue weighted by Gasteiger charge is -2.13. The van der Waals surface area contributed by atoms with Gasteiger partial charge in [-0.3, -0.25) is 13.8 Å². The first-order valence-corrected chi connectivity index (χ1v) is 12.9. The van der Waals surface area contributed by atoms with Crippen LogP contribution < -0.4 is 0 Å². The molecule has 0 aliphatic rings. The lowest BCUT2D eigenvalue weighted by molar-refractivity contribution is -0.127. The van der Waals surface area contributed by atoms with Crippen LogP contribution in [0.2, 0.25) is 0 Å². The highest BCUT2D eigenvalue weighted by Gasteiger charge is 2.01. The Balaban J connectivity index is -0.0000000836. The van der Waals surface area contributed by atoms with Crippen LogP contribution in [-0.2, 0) is 25.2 Å². The maximum atomic E-state index is 9.56. The molecule has 29 heavy (non-hydrogen) atoms. The quantitative estimate of drug-likeness (QED) is 0.153. The number of aliphatic hydroxyl groups is 1. The Kier molecular flexibility index (Phi) is 53.1. The third kappa shape index (κ3) is 73.7. The summed E-state index contributed by atoms with van der Waals surface area (Å²) in [7, 11) is -0.611. The van der Waals surface area contributed by atoms with E-state index in [1.807, 2.05) is 0 Å². The third-order valence-electron chi connectivity index (χ3n) is 2.49. The lowest BCUT2D eigenvalue weighted by Crippen LogP contribution is -2.21. The van der Waals surface area contributed by atoms with Gasteiger partial charge in [-0.15, -0.1) is 23.2 Å². The molecule has 0 bridgehead atoms. The van der Waals surface area contributed by atoms with E-state index in [4.69, 9.17) is 28.3 Å². The molecule has 0 saturated heterocycles. The fraction of sp³-hybridized carbons (Fsp3) is 0.833. The average Bonchev–Trinajstić information content (AvgIpc) is 2.67. The van der Waals surface area contributed by atoms with E-state index in [1.165, 1.54) is 19.6 Å². The van der Waals surface area contributed by atoms with Gasteiger partial charge in [0.05, 0.1) is 0 Å². The van der Waals surface area contributed by atoms with Gasteiger partial charge in [-0.2, -0.15) is 0 Å². The van der Waals surface area contributed by atoms with Gasteiger partial charge in [0.15, 0.2) is 0 Å². The predicted molar refractivity (Wildman–Crippen MR) is 128 cm³/mol. The minimum atomic E-state index is -1.14. The molecular formula is C18H37Cl4NO5S. The van der Waals surface area contributed by atoms with Crippen LogP contribution in [0.3, 0.4) is 0 Å². The van der Waals surface area contributed by atoms with E-state index >= 15 is 0 Å². The summed E-state index contributed by atoms with van der Waals surface area (Å²) in [5.74, 6) is 1.26. The second-order valence-electron chi connectivity index (χ2n) is 5.03. The Labute approximate surface area is 199 Å². The number of aldehydes is 1. The number of carbonyl (C=O) groups excluding carboxylic acids is 3. The summed E-state index contributed by atoms with van der Waals surface area (Å²) in [6.45, 7) is 10.4. The highest BCUT2D eigenvalue weighted by Crippen LogP contribution is 1.87. The van der Waals surface area contributed by atoms with E-state index in [-0.39, 0.29) is 6.61 Å². The highest BCUT2D eigenvalue weighted by molar-refractivity contribution is 7.83. The number of alkyl halides is 2. The Morgan fingerprint density at radius 3 is 1.31 bits per heavy atom. The maximum absolute atomic E-state index is 9.56. The van der Waals surface area contributed by atoms with Gasteiger partial charge in [0.1, 0.15) is 6.29 Å². The molecule has 0 aromatic rings. The average molecular weight is 521 g/mol. The summed E-state index contributed by atoms with van der Waals surface area (Å²) in [6, 6.07) is 0. The molecule has 11 heteroatoms. The van der Waals surface area contributed by atoms with Gasteiger partial charge in [-0.25, -0.2) is 0 Å². The van der Waals surface area contributed by atoms with Crippen molar-refractivity contribution in [1.82, 2.24) is 4.90 Å². The van der Waals surface area contributed by atoms with Crippen LogP contribution in [0.4, 0.5) is 0 Å². The minimum absolute atomic E-state index is 0.271. The summed E-state index contributed by atoms with van der Waals surface area (Å²) in [5, 5.41) is 5.85.